The number of halogens is 3. The van der Waals surface area contributed by atoms with Crippen LogP contribution in [0.4, 0.5) is 18.9 Å². The van der Waals surface area contributed by atoms with Gasteiger partial charge in [0.2, 0.25) is 11.8 Å². The molecular formula is C18H14F3N3O. The number of hydrogen-bond donors (Lipinski definition) is 1. The molecule has 0 aliphatic heterocycles. The first kappa shape index (κ1) is 16.8. The first-order valence-corrected chi connectivity index (χ1v) is 7.63. The highest BCUT2D eigenvalue weighted by Gasteiger charge is 2.29. The lowest BCUT2D eigenvalue weighted by atomic mass is 10.0. The van der Waals surface area contributed by atoms with Gasteiger partial charge in [0.15, 0.2) is 12.0 Å². The number of aryl methyl sites for hydroxylation is 1. The number of alkyl halides is 1. The lowest BCUT2D eigenvalue weighted by molar-refractivity contribution is 0.323. The van der Waals surface area contributed by atoms with Gasteiger partial charge in [-0.2, -0.15) is 0 Å². The number of allylic oxidation sites excluding steroid dienone is 3. The van der Waals surface area contributed by atoms with E-state index < -0.39 is 17.8 Å². The average molecular weight is 345 g/mol. The van der Waals surface area contributed by atoms with E-state index in [1.54, 1.807) is 0 Å². The molecular weight excluding hydrogens is 331 g/mol. The van der Waals surface area contributed by atoms with Crippen molar-refractivity contribution in [2.24, 2.45) is 0 Å². The van der Waals surface area contributed by atoms with Gasteiger partial charge < -0.3 is 9.73 Å². The Morgan fingerprint density at radius 3 is 2.80 bits per heavy atom. The van der Waals surface area contributed by atoms with Crippen LogP contribution in [0.25, 0.3) is 5.57 Å². The second-order valence-electron chi connectivity index (χ2n) is 5.36. The number of hydrogen-bond acceptors (Lipinski definition) is 4. The van der Waals surface area contributed by atoms with E-state index in [2.05, 4.69) is 21.4 Å². The molecule has 3 rings (SSSR count). The molecule has 0 spiro atoms. The molecule has 1 aliphatic carbocycles. The van der Waals surface area contributed by atoms with Crippen molar-refractivity contribution in [3.05, 3.63) is 59.0 Å². The maximum atomic E-state index is 14.4. The van der Waals surface area contributed by atoms with Crippen LogP contribution in [0.15, 0.2) is 40.2 Å². The second kappa shape index (κ2) is 6.85. The van der Waals surface area contributed by atoms with Gasteiger partial charge in [-0.15, -0.1) is 16.6 Å². The molecule has 0 amide bonds. The van der Waals surface area contributed by atoms with E-state index in [9.17, 15) is 13.2 Å². The van der Waals surface area contributed by atoms with Crippen LogP contribution in [0.3, 0.4) is 0 Å². The Balaban J connectivity index is 1.99. The molecule has 0 radical (unpaired) electrons. The zero-order chi connectivity index (χ0) is 18.0. The molecule has 7 heteroatoms. The van der Waals surface area contributed by atoms with Crippen molar-refractivity contribution >= 4 is 11.3 Å². The standard InChI is InChI=1S/C18H14F3N3O/c1-3-10-5-8-14(13(20)9-10)22-17-11(6-7-12(19)16(17)21)18-24-23-15(4-2)25-18/h1,5-6,8-9,12,22H,4,7H2,2H3. The third-order valence-electron chi connectivity index (χ3n) is 3.71. The average Bonchev–Trinajstić information content (AvgIpc) is 3.09. The minimum Gasteiger partial charge on any atom is -0.421 e. The lowest BCUT2D eigenvalue weighted by Gasteiger charge is -2.20. The normalized spacial score (nSPS) is 17.2. The van der Waals surface area contributed by atoms with Crippen molar-refractivity contribution in [2.45, 2.75) is 25.9 Å². The fourth-order valence-corrected chi connectivity index (χ4v) is 2.38. The zero-order valence-corrected chi connectivity index (χ0v) is 13.3. The Morgan fingerprint density at radius 1 is 1.36 bits per heavy atom. The van der Waals surface area contributed by atoms with Gasteiger partial charge in [-0.1, -0.05) is 18.9 Å². The third kappa shape index (κ3) is 3.29. The van der Waals surface area contributed by atoms with E-state index in [0.717, 1.165) is 6.07 Å². The van der Waals surface area contributed by atoms with E-state index in [4.69, 9.17) is 10.8 Å². The van der Waals surface area contributed by atoms with Gasteiger partial charge in [0.1, 0.15) is 5.82 Å². The molecule has 1 N–H and O–H groups in total. The molecule has 0 fully saturated rings. The largest absolute Gasteiger partial charge is 0.421 e. The summed E-state index contributed by atoms with van der Waals surface area (Å²) >= 11 is 0. The Morgan fingerprint density at radius 2 is 2.16 bits per heavy atom. The molecule has 1 atom stereocenters. The molecule has 1 aromatic heterocycles. The highest BCUT2D eigenvalue weighted by molar-refractivity contribution is 5.81. The maximum absolute atomic E-state index is 14.4. The van der Waals surface area contributed by atoms with E-state index >= 15 is 0 Å². The third-order valence-corrected chi connectivity index (χ3v) is 3.71. The number of benzene rings is 1. The lowest BCUT2D eigenvalue weighted by Crippen LogP contribution is -2.16. The summed E-state index contributed by atoms with van der Waals surface area (Å²) in [5.41, 5.74) is 0.251. The number of aromatic nitrogens is 2. The summed E-state index contributed by atoms with van der Waals surface area (Å²) in [6, 6.07) is 3.97. The molecule has 128 valence electrons. The van der Waals surface area contributed by atoms with Crippen LogP contribution in [0, 0.1) is 18.2 Å². The minimum atomic E-state index is -1.83. The summed E-state index contributed by atoms with van der Waals surface area (Å²) < 4.78 is 47.7. The van der Waals surface area contributed by atoms with Crippen LogP contribution < -0.4 is 5.32 Å². The van der Waals surface area contributed by atoms with Gasteiger partial charge in [0, 0.05) is 18.4 Å². The topological polar surface area (TPSA) is 51.0 Å². The van der Waals surface area contributed by atoms with Gasteiger partial charge in [-0.25, -0.2) is 13.2 Å². The predicted molar refractivity (Wildman–Crippen MR) is 87.3 cm³/mol. The highest BCUT2D eigenvalue weighted by Crippen LogP contribution is 2.35. The summed E-state index contributed by atoms with van der Waals surface area (Å²) in [6.45, 7) is 1.82. The van der Waals surface area contributed by atoms with Crippen molar-refractivity contribution in [1.82, 2.24) is 10.2 Å². The molecule has 0 bridgehead atoms. The van der Waals surface area contributed by atoms with E-state index in [1.165, 1.54) is 18.2 Å². The van der Waals surface area contributed by atoms with E-state index in [0.29, 0.717) is 17.9 Å². The molecule has 2 aromatic rings. The molecule has 0 saturated carbocycles. The van der Waals surface area contributed by atoms with Crippen LogP contribution in [0.2, 0.25) is 0 Å². The Bertz CT molecular complexity index is 909. The summed E-state index contributed by atoms with van der Waals surface area (Å²) in [6.07, 6.45) is 5.16. The number of rotatable bonds is 4. The summed E-state index contributed by atoms with van der Waals surface area (Å²) in [5, 5.41) is 10.2. The Hall–Kier alpha value is -3.01. The van der Waals surface area contributed by atoms with Crippen LogP contribution in [-0.4, -0.2) is 16.4 Å². The minimum absolute atomic E-state index is 0.0422. The van der Waals surface area contributed by atoms with Gasteiger partial charge in [-0.05, 0) is 18.2 Å². The number of nitrogens with one attached hydrogen (secondary N) is 1. The molecule has 1 heterocycles. The first-order valence-electron chi connectivity index (χ1n) is 7.63. The molecule has 1 aliphatic rings. The van der Waals surface area contributed by atoms with Crippen LogP contribution >= 0.6 is 0 Å². The van der Waals surface area contributed by atoms with Crippen molar-refractivity contribution < 1.29 is 17.6 Å². The quantitative estimate of drug-likeness (QED) is 0.845. The first-order chi connectivity index (χ1) is 12.0. The summed E-state index contributed by atoms with van der Waals surface area (Å²) in [7, 11) is 0. The van der Waals surface area contributed by atoms with Crippen molar-refractivity contribution in [3.63, 3.8) is 0 Å². The number of anilines is 1. The van der Waals surface area contributed by atoms with Gasteiger partial charge in [-0.3, -0.25) is 0 Å². The Labute approximate surface area is 142 Å². The molecule has 4 nitrogen and oxygen atoms in total. The SMILES string of the molecule is C#Cc1ccc(NC2=C(F)C(F)CC=C2c2nnc(CC)o2)c(F)c1. The monoisotopic (exact) mass is 345 g/mol. The van der Waals surface area contributed by atoms with Gasteiger partial charge in [0.25, 0.3) is 0 Å². The molecule has 25 heavy (non-hydrogen) atoms. The number of nitrogens with zero attached hydrogens (tertiary/aromatic N) is 2. The zero-order valence-electron chi connectivity index (χ0n) is 13.3. The smallest absolute Gasteiger partial charge is 0.249 e. The van der Waals surface area contributed by atoms with Crippen LogP contribution in [-0.2, 0) is 6.42 Å². The number of terminal acetylenes is 1. The maximum Gasteiger partial charge on any atom is 0.249 e. The fraction of sp³-hybridized carbons (Fsp3) is 0.222. The molecule has 0 saturated heterocycles. The van der Waals surface area contributed by atoms with Gasteiger partial charge in [0.05, 0.1) is 17.0 Å². The van der Waals surface area contributed by atoms with E-state index in [-0.39, 0.29) is 29.3 Å². The van der Waals surface area contributed by atoms with Crippen LogP contribution in [0.1, 0.15) is 30.7 Å². The summed E-state index contributed by atoms with van der Waals surface area (Å²) in [5.74, 6) is 0.975. The molecule has 1 unspecified atom stereocenters. The molecule has 1 aromatic carbocycles. The van der Waals surface area contributed by atoms with Crippen molar-refractivity contribution in [3.8, 4) is 12.3 Å². The van der Waals surface area contributed by atoms with Crippen LogP contribution in [0.5, 0.6) is 0 Å². The Kier molecular flexibility index (Phi) is 4.61. The predicted octanol–water partition coefficient (Wildman–Crippen LogP) is 4.17. The van der Waals surface area contributed by atoms with Gasteiger partial charge >= 0.3 is 0 Å². The van der Waals surface area contributed by atoms with Crippen molar-refractivity contribution in [2.75, 3.05) is 5.32 Å². The summed E-state index contributed by atoms with van der Waals surface area (Å²) in [4.78, 5) is 0. The fourth-order valence-electron chi connectivity index (χ4n) is 2.38. The van der Waals surface area contributed by atoms with Crippen molar-refractivity contribution in [1.29, 1.82) is 0 Å². The van der Waals surface area contributed by atoms with E-state index in [1.807, 2.05) is 6.92 Å². The second-order valence-corrected chi connectivity index (χ2v) is 5.36. The highest BCUT2D eigenvalue weighted by atomic mass is 19.2.